The van der Waals surface area contributed by atoms with Gasteiger partial charge in [-0.15, -0.1) is 0 Å². The van der Waals surface area contributed by atoms with Crippen LogP contribution in [0.1, 0.15) is 24.0 Å². The number of nitrogens with zero attached hydrogens (tertiary/aromatic N) is 2. The summed E-state index contributed by atoms with van der Waals surface area (Å²) in [4.78, 5) is 9.01. The van der Waals surface area contributed by atoms with Crippen LogP contribution in [0.5, 0.6) is 17.4 Å². The Kier molecular flexibility index (Phi) is 8.89. The van der Waals surface area contributed by atoms with Crippen molar-refractivity contribution in [3.05, 3.63) is 84.1 Å². The zero-order valence-electron chi connectivity index (χ0n) is 18.5. The molecule has 7 nitrogen and oxygen atoms in total. The quantitative estimate of drug-likeness (QED) is 0.333. The molecule has 0 spiro atoms. The third-order valence-electron chi connectivity index (χ3n) is 4.85. The normalized spacial score (nSPS) is 12.2. The number of benzene rings is 2. The first-order chi connectivity index (χ1) is 15.7. The Morgan fingerprint density at radius 1 is 1.00 bits per heavy atom. The third-order valence-corrected chi connectivity index (χ3v) is 4.85. The number of ether oxygens (including phenoxy) is 2. The van der Waals surface area contributed by atoms with Gasteiger partial charge >= 0.3 is 0 Å². The fourth-order valence-corrected chi connectivity index (χ4v) is 3.07. The van der Waals surface area contributed by atoms with Gasteiger partial charge in [-0.2, -0.15) is 0 Å². The van der Waals surface area contributed by atoms with Crippen LogP contribution >= 0.6 is 0 Å². The number of hydrogen-bond donors (Lipinski definition) is 3. The van der Waals surface area contributed by atoms with Crippen LogP contribution < -0.4 is 20.1 Å². The summed E-state index contributed by atoms with van der Waals surface area (Å²) < 4.78 is 10.9. The van der Waals surface area contributed by atoms with E-state index in [1.54, 1.807) is 13.3 Å². The molecule has 0 fully saturated rings. The molecular formula is C25H30N4O3. The minimum absolute atomic E-state index is 0.00360. The van der Waals surface area contributed by atoms with Gasteiger partial charge in [0.2, 0.25) is 5.88 Å². The van der Waals surface area contributed by atoms with Crippen molar-refractivity contribution in [2.45, 2.75) is 19.4 Å². The van der Waals surface area contributed by atoms with Crippen molar-refractivity contribution < 1.29 is 14.6 Å². The van der Waals surface area contributed by atoms with Gasteiger partial charge in [-0.3, -0.25) is 0 Å². The van der Waals surface area contributed by atoms with Gasteiger partial charge in [-0.25, -0.2) is 9.98 Å². The summed E-state index contributed by atoms with van der Waals surface area (Å²) in [7, 11) is 1.63. The number of aliphatic hydroxyl groups is 1. The van der Waals surface area contributed by atoms with Crippen LogP contribution in [-0.4, -0.2) is 42.9 Å². The zero-order valence-corrected chi connectivity index (χ0v) is 18.5. The van der Waals surface area contributed by atoms with Gasteiger partial charge in [-0.05, 0) is 42.3 Å². The molecule has 0 aliphatic carbocycles. The molecule has 32 heavy (non-hydrogen) atoms. The highest BCUT2D eigenvalue weighted by Gasteiger charge is 2.11. The average molecular weight is 435 g/mol. The van der Waals surface area contributed by atoms with E-state index >= 15 is 0 Å². The molecule has 0 bridgehead atoms. The van der Waals surface area contributed by atoms with Crippen LogP contribution in [0.4, 0.5) is 0 Å². The van der Waals surface area contributed by atoms with E-state index in [9.17, 15) is 5.11 Å². The summed E-state index contributed by atoms with van der Waals surface area (Å²) in [5.41, 5.74) is 2.06. The fraction of sp³-hybridized carbons (Fsp3) is 0.280. The standard InChI is InChI=1S/C25H30N4O3/c1-3-26-25(29-17-21(18-30)20-7-5-4-6-8-20)28-16-19-9-14-24(27-15-19)32-23-12-10-22(31-2)11-13-23/h4-15,21,30H,3,16-18H2,1-2H3,(H2,26,28,29). The lowest BCUT2D eigenvalue weighted by Gasteiger charge is -2.18. The summed E-state index contributed by atoms with van der Waals surface area (Å²) in [5.74, 6) is 2.68. The summed E-state index contributed by atoms with van der Waals surface area (Å²) in [6, 6.07) is 21.1. The van der Waals surface area contributed by atoms with Crippen molar-refractivity contribution in [1.29, 1.82) is 0 Å². The van der Waals surface area contributed by atoms with Crippen LogP contribution in [0.25, 0.3) is 0 Å². The molecule has 0 saturated carbocycles. The van der Waals surface area contributed by atoms with E-state index in [0.717, 1.165) is 23.4 Å². The van der Waals surface area contributed by atoms with Crippen LogP contribution in [0.3, 0.4) is 0 Å². The molecule has 168 valence electrons. The number of methoxy groups -OCH3 is 1. The first-order valence-corrected chi connectivity index (χ1v) is 10.7. The predicted octanol–water partition coefficient (Wildman–Crippen LogP) is 3.71. The number of guanidine groups is 1. The Balaban J connectivity index is 1.56. The highest BCUT2D eigenvalue weighted by molar-refractivity contribution is 5.79. The summed E-state index contributed by atoms with van der Waals surface area (Å²) >= 11 is 0. The molecule has 2 aromatic carbocycles. The van der Waals surface area contributed by atoms with Crippen LogP contribution in [-0.2, 0) is 6.54 Å². The Hall–Kier alpha value is -3.58. The van der Waals surface area contributed by atoms with Crippen LogP contribution in [0, 0.1) is 0 Å². The van der Waals surface area contributed by atoms with Crippen molar-refractivity contribution in [3.63, 3.8) is 0 Å². The van der Waals surface area contributed by atoms with Gasteiger partial charge in [0.25, 0.3) is 0 Å². The van der Waals surface area contributed by atoms with E-state index in [0.29, 0.717) is 30.7 Å². The highest BCUT2D eigenvalue weighted by atomic mass is 16.5. The average Bonchev–Trinajstić information content (AvgIpc) is 2.85. The Labute approximate surface area is 189 Å². The molecule has 1 unspecified atom stereocenters. The van der Waals surface area contributed by atoms with Crippen molar-refractivity contribution in [1.82, 2.24) is 15.6 Å². The maximum Gasteiger partial charge on any atom is 0.219 e. The molecule has 1 aromatic heterocycles. The molecule has 7 heteroatoms. The van der Waals surface area contributed by atoms with Crippen LogP contribution in [0.2, 0.25) is 0 Å². The fourth-order valence-electron chi connectivity index (χ4n) is 3.07. The van der Waals surface area contributed by atoms with Gasteiger partial charge < -0.3 is 25.2 Å². The number of pyridine rings is 1. The number of aliphatic imine (C=N–C) groups is 1. The summed E-state index contributed by atoms with van der Waals surface area (Å²) in [6.07, 6.45) is 1.76. The minimum Gasteiger partial charge on any atom is -0.497 e. The second kappa shape index (κ2) is 12.3. The van der Waals surface area contributed by atoms with Gasteiger partial charge in [-0.1, -0.05) is 36.4 Å². The predicted molar refractivity (Wildman–Crippen MR) is 126 cm³/mol. The number of aliphatic hydroxyl groups excluding tert-OH is 1. The Morgan fingerprint density at radius 3 is 2.38 bits per heavy atom. The molecule has 3 N–H and O–H groups in total. The SMILES string of the molecule is CCNC(=NCc1ccc(Oc2ccc(OC)cc2)nc1)NCC(CO)c1ccccc1. The van der Waals surface area contributed by atoms with Crippen molar-refractivity contribution >= 4 is 5.96 Å². The van der Waals surface area contributed by atoms with Gasteiger partial charge in [0.1, 0.15) is 11.5 Å². The van der Waals surface area contributed by atoms with Gasteiger partial charge in [0.05, 0.1) is 20.3 Å². The lowest BCUT2D eigenvalue weighted by molar-refractivity contribution is 0.265. The van der Waals surface area contributed by atoms with Gasteiger partial charge in [0, 0.05) is 31.3 Å². The molecule has 0 aliphatic rings. The first-order valence-electron chi connectivity index (χ1n) is 10.7. The van der Waals surface area contributed by atoms with Crippen molar-refractivity contribution in [2.24, 2.45) is 4.99 Å². The number of hydrogen-bond acceptors (Lipinski definition) is 5. The van der Waals surface area contributed by atoms with Crippen molar-refractivity contribution in [3.8, 4) is 17.4 Å². The van der Waals surface area contributed by atoms with Crippen molar-refractivity contribution in [2.75, 3.05) is 26.8 Å². The van der Waals surface area contributed by atoms with E-state index < -0.39 is 0 Å². The molecule has 0 saturated heterocycles. The maximum absolute atomic E-state index is 9.76. The monoisotopic (exact) mass is 434 g/mol. The molecular weight excluding hydrogens is 404 g/mol. The van der Waals surface area contributed by atoms with E-state index in [1.165, 1.54) is 0 Å². The molecule has 3 rings (SSSR count). The molecule has 1 heterocycles. The Bertz CT molecular complexity index is 961. The smallest absolute Gasteiger partial charge is 0.219 e. The lowest BCUT2D eigenvalue weighted by atomic mass is 10.0. The van der Waals surface area contributed by atoms with E-state index in [2.05, 4.69) is 20.6 Å². The van der Waals surface area contributed by atoms with E-state index in [-0.39, 0.29) is 12.5 Å². The summed E-state index contributed by atoms with van der Waals surface area (Å²) in [6.45, 7) is 3.88. The second-order valence-electron chi connectivity index (χ2n) is 7.15. The van der Waals surface area contributed by atoms with E-state index in [1.807, 2.05) is 73.7 Å². The molecule has 0 aliphatic heterocycles. The highest BCUT2D eigenvalue weighted by Crippen LogP contribution is 2.22. The number of nitrogens with one attached hydrogen (secondary N) is 2. The third kappa shape index (κ3) is 6.99. The molecule has 0 amide bonds. The maximum atomic E-state index is 9.76. The Morgan fingerprint density at radius 2 is 1.75 bits per heavy atom. The second-order valence-corrected chi connectivity index (χ2v) is 7.15. The molecule has 3 aromatic rings. The van der Waals surface area contributed by atoms with Gasteiger partial charge in [0.15, 0.2) is 5.96 Å². The zero-order chi connectivity index (χ0) is 22.6. The number of aromatic nitrogens is 1. The topological polar surface area (TPSA) is 88.0 Å². The van der Waals surface area contributed by atoms with E-state index in [4.69, 9.17) is 9.47 Å². The molecule has 0 radical (unpaired) electrons. The largest absolute Gasteiger partial charge is 0.497 e. The van der Waals surface area contributed by atoms with Crippen LogP contribution in [0.15, 0.2) is 77.9 Å². The minimum atomic E-state index is -0.00360. The summed E-state index contributed by atoms with van der Waals surface area (Å²) in [5, 5.41) is 16.3. The first kappa shape index (κ1) is 23.1. The molecule has 1 atom stereocenters. The number of rotatable bonds is 10. The lowest BCUT2D eigenvalue weighted by Crippen LogP contribution is -2.39.